The van der Waals surface area contributed by atoms with Crippen LogP contribution in [0.4, 0.5) is 5.82 Å². The molecule has 6 heteroatoms. The fourth-order valence-corrected chi connectivity index (χ4v) is 2.42. The molecular formula is C13H17N3O3. The second kappa shape index (κ2) is 4.87. The van der Waals surface area contributed by atoms with Crippen molar-refractivity contribution in [2.24, 2.45) is 5.73 Å². The lowest BCUT2D eigenvalue weighted by molar-refractivity contribution is -0.143. The van der Waals surface area contributed by atoms with Crippen molar-refractivity contribution in [1.82, 2.24) is 4.98 Å². The van der Waals surface area contributed by atoms with E-state index in [1.807, 2.05) is 0 Å². The maximum Gasteiger partial charge on any atom is 0.329 e. The van der Waals surface area contributed by atoms with Crippen LogP contribution >= 0.6 is 0 Å². The minimum Gasteiger partial charge on any atom is -0.480 e. The highest BCUT2D eigenvalue weighted by Crippen LogP contribution is 2.32. The van der Waals surface area contributed by atoms with Gasteiger partial charge in [0.1, 0.15) is 17.1 Å². The lowest BCUT2D eigenvalue weighted by atomic mass is 9.88. The van der Waals surface area contributed by atoms with Crippen LogP contribution in [-0.4, -0.2) is 34.1 Å². The van der Waals surface area contributed by atoms with Crippen molar-refractivity contribution >= 4 is 17.7 Å². The van der Waals surface area contributed by atoms with Crippen LogP contribution in [0.25, 0.3) is 0 Å². The summed E-state index contributed by atoms with van der Waals surface area (Å²) in [4.78, 5) is 28.6. The molecule has 1 saturated heterocycles. The molecule has 1 aromatic rings. The van der Waals surface area contributed by atoms with E-state index < -0.39 is 17.4 Å². The number of pyridine rings is 1. The van der Waals surface area contributed by atoms with Gasteiger partial charge in [-0.15, -0.1) is 0 Å². The van der Waals surface area contributed by atoms with Crippen molar-refractivity contribution in [3.8, 4) is 0 Å². The molecule has 1 aliphatic rings. The van der Waals surface area contributed by atoms with Crippen molar-refractivity contribution in [2.45, 2.75) is 31.7 Å². The van der Waals surface area contributed by atoms with Crippen LogP contribution in [-0.2, 0) is 4.79 Å². The Balaban J connectivity index is 2.40. The minimum absolute atomic E-state index is 0.149. The third kappa shape index (κ3) is 2.38. The smallest absolute Gasteiger partial charge is 0.329 e. The molecule has 1 aliphatic heterocycles. The molecule has 1 atom stereocenters. The second-order valence-corrected chi connectivity index (χ2v) is 4.93. The Morgan fingerprint density at radius 2 is 2.16 bits per heavy atom. The number of hydrogen-bond donors (Lipinski definition) is 2. The summed E-state index contributed by atoms with van der Waals surface area (Å²) in [5, 5.41) is 9.45. The van der Waals surface area contributed by atoms with Crippen molar-refractivity contribution in [3.63, 3.8) is 0 Å². The van der Waals surface area contributed by atoms with Gasteiger partial charge in [0.15, 0.2) is 0 Å². The van der Waals surface area contributed by atoms with Crippen LogP contribution < -0.4 is 10.6 Å². The molecule has 2 rings (SSSR count). The predicted octanol–water partition coefficient (Wildman–Crippen LogP) is 1.01. The number of amides is 1. The van der Waals surface area contributed by atoms with Crippen LogP contribution in [0.3, 0.4) is 0 Å². The van der Waals surface area contributed by atoms with E-state index in [9.17, 15) is 14.7 Å². The molecule has 2 heterocycles. The Hall–Kier alpha value is -2.11. The maximum absolute atomic E-state index is 11.5. The first-order valence-electron chi connectivity index (χ1n) is 6.23. The summed E-state index contributed by atoms with van der Waals surface area (Å²) >= 11 is 0. The molecule has 0 radical (unpaired) electrons. The highest BCUT2D eigenvalue weighted by molar-refractivity contribution is 5.91. The van der Waals surface area contributed by atoms with Crippen LogP contribution in [0, 0.1) is 0 Å². The number of aromatic nitrogens is 1. The summed E-state index contributed by atoms with van der Waals surface area (Å²) in [6.45, 7) is 2.30. The van der Waals surface area contributed by atoms with E-state index in [1.165, 1.54) is 6.07 Å². The number of hydrogen-bond acceptors (Lipinski definition) is 4. The molecule has 1 aromatic heterocycles. The topological polar surface area (TPSA) is 96.5 Å². The van der Waals surface area contributed by atoms with Gasteiger partial charge in [-0.3, -0.25) is 4.79 Å². The van der Waals surface area contributed by atoms with E-state index in [1.54, 1.807) is 24.0 Å². The van der Waals surface area contributed by atoms with Gasteiger partial charge in [0.05, 0.1) is 0 Å². The number of carbonyl (C=O) groups is 2. The summed E-state index contributed by atoms with van der Waals surface area (Å²) in [5.74, 6) is -1.00. The van der Waals surface area contributed by atoms with Gasteiger partial charge in [-0.05, 0) is 38.3 Å². The van der Waals surface area contributed by atoms with Gasteiger partial charge in [-0.2, -0.15) is 0 Å². The molecule has 1 fully saturated rings. The Bertz CT molecular complexity index is 518. The van der Waals surface area contributed by atoms with E-state index in [4.69, 9.17) is 5.73 Å². The lowest BCUT2D eigenvalue weighted by Gasteiger charge is -2.42. The summed E-state index contributed by atoms with van der Waals surface area (Å²) < 4.78 is 0. The third-order valence-corrected chi connectivity index (χ3v) is 3.62. The van der Waals surface area contributed by atoms with Crippen LogP contribution in [0.2, 0.25) is 0 Å². The van der Waals surface area contributed by atoms with Crippen LogP contribution in [0.1, 0.15) is 36.7 Å². The molecule has 0 saturated carbocycles. The average molecular weight is 263 g/mol. The van der Waals surface area contributed by atoms with Crippen molar-refractivity contribution < 1.29 is 14.7 Å². The van der Waals surface area contributed by atoms with E-state index >= 15 is 0 Å². The Morgan fingerprint density at radius 3 is 2.79 bits per heavy atom. The molecule has 0 bridgehead atoms. The van der Waals surface area contributed by atoms with E-state index in [0.29, 0.717) is 18.8 Å². The largest absolute Gasteiger partial charge is 0.480 e. The Kier molecular flexibility index (Phi) is 3.42. The number of rotatable bonds is 3. The molecule has 0 spiro atoms. The molecule has 6 nitrogen and oxygen atoms in total. The van der Waals surface area contributed by atoms with Gasteiger partial charge >= 0.3 is 5.97 Å². The molecule has 1 unspecified atom stereocenters. The fourth-order valence-electron chi connectivity index (χ4n) is 2.42. The van der Waals surface area contributed by atoms with Crippen molar-refractivity contribution in [2.75, 3.05) is 11.4 Å². The molecule has 102 valence electrons. The summed E-state index contributed by atoms with van der Waals surface area (Å²) in [6.07, 6.45) is 2.34. The fraction of sp³-hybridized carbons (Fsp3) is 0.462. The van der Waals surface area contributed by atoms with Crippen molar-refractivity contribution in [1.29, 1.82) is 0 Å². The first-order valence-corrected chi connectivity index (χ1v) is 6.23. The lowest BCUT2D eigenvalue weighted by Crippen LogP contribution is -2.55. The normalized spacial score (nSPS) is 23.1. The zero-order valence-corrected chi connectivity index (χ0v) is 10.8. The number of aliphatic carboxylic acids is 1. The zero-order valence-electron chi connectivity index (χ0n) is 10.8. The summed E-state index contributed by atoms with van der Waals surface area (Å²) in [7, 11) is 0. The van der Waals surface area contributed by atoms with Crippen LogP contribution in [0.5, 0.6) is 0 Å². The summed E-state index contributed by atoms with van der Waals surface area (Å²) in [6, 6.07) is 4.89. The second-order valence-electron chi connectivity index (χ2n) is 4.93. The maximum atomic E-state index is 11.5. The molecule has 1 amide bonds. The van der Waals surface area contributed by atoms with Gasteiger partial charge in [-0.1, -0.05) is 6.07 Å². The van der Waals surface area contributed by atoms with E-state index in [0.717, 1.165) is 12.8 Å². The highest BCUT2D eigenvalue weighted by Gasteiger charge is 2.42. The third-order valence-electron chi connectivity index (χ3n) is 3.62. The number of carbonyl (C=O) groups excluding carboxylic acids is 1. The van der Waals surface area contributed by atoms with Gasteiger partial charge in [0, 0.05) is 6.54 Å². The first kappa shape index (κ1) is 13.3. The van der Waals surface area contributed by atoms with E-state index in [-0.39, 0.29) is 5.69 Å². The van der Waals surface area contributed by atoms with Gasteiger partial charge in [0.25, 0.3) is 5.91 Å². The molecule has 19 heavy (non-hydrogen) atoms. The quantitative estimate of drug-likeness (QED) is 0.848. The van der Waals surface area contributed by atoms with E-state index in [2.05, 4.69) is 4.98 Å². The zero-order chi connectivity index (χ0) is 14.0. The Morgan fingerprint density at radius 1 is 1.42 bits per heavy atom. The van der Waals surface area contributed by atoms with Crippen LogP contribution in [0.15, 0.2) is 18.2 Å². The Labute approximate surface area is 111 Å². The molecule has 0 aliphatic carbocycles. The standard InChI is InChI=1S/C13H17N3O3/c1-13(12(18)19)7-2-3-8-16(13)10-6-4-5-9(15-10)11(14)17/h4-6H,2-3,7-8H2,1H3,(H2,14,17)(H,18,19). The van der Waals surface area contributed by atoms with Gasteiger partial charge in [0.2, 0.25) is 0 Å². The number of nitrogens with zero attached hydrogens (tertiary/aromatic N) is 2. The monoisotopic (exact) mass is 263 g/mol. The SMILES string of the molecule is CC1(C(=O)O)CCCCN1c1cccc(C(N)=O)n1. The number of primary amides is 1. The number of piperidine rings is 1. The predicted molar refractivity (Wildman–Crippen MR) is 70.0 cm³/mol. The number of carboxylic acids is 1. The first-order chi connectivity index (χ1) is 8.95. The molecular weight excluding hydrogens is 246 g/mol. The van der Waals surface area contributed by atoms with Gasteiger partial charge < -0.3 is 15.7 Å². The average Bonchev–Trinajstić information content (AvgIpc) is 2.39. The summed E-state index contributed by atoms with van der Waals surface area (Å²) in [5.41, 5.74) is 4.37. The number of carboxylic acid groups (broad SMARTS) is 1. The number of anilines is 1. The molecule has 3 N–H and O–H groups in total. The highest BCUT2D eigenvalue weighted by atomic mass is 16.4. The number of nitrogens with two attached hydrogens (primary N) is 1. The minimum atomic E-state index is -0.985. The van der Waals surface area contributed by atoms with Crippen molar-refractivity contribution in [3.05, 3.63) is 23.9 Å². The molecule has 0 aromatic carbocycles. The van der Waals surface area contributed by atoms with Gasteiger partial charge in [-0.25, -0.2) is 9.78 Å².